The molecule has 4 rings (SSSR count). The SMILES string of the molecule is COc1ccc(C(=O)c2c(C)n(CC(=O)OCCN3CCCC3)c3cc(OC)ccc23)cc1. The zero-order chi connectivity index (χ0) is 23.4. The lowest BCUT2D eigenvalue weighted by molar-refractivity contribution is -0.144. The molecule has 0 N–H and O–H groups in total. The number of nitrogens with zero attached hydrogens (tertiary/aromatic N) is 2. The molecule has 0 unspecified atom stereocenters. The highest BCUT2D eigenvalue weighted by atomic mass is 16.5. The molecule has 0 saturated carbocycles. The average molecular weight is 451 g/mol. The Morgan fingerprint density at radius 1 is 0.939 bits per heavy atom. The summed E-state index contributed by atoms with van der Waals surface area (Å²) in [4.78, 5) is 28.4. The van der Waals surface area contributed by atoms with Crippen molar-refractivity contribution >= 4 is 22.7 Å². The number of benzene rings is 2. The lowest BCUT2D eigenvalue weighted by Gasteiger charge is -2.15. The summed E-state index contributed by atoms with van der Waals surface area (Å²) in [5.41, 5.74) is 2.61. The molecule has 1 aliphatic heterocycles. The van der Waals surface area contributed by atoms with Crippen LogP contribution in [0.2, 0.25) is 0 Å². The van der Waals surface area contributed by atoms with E-state index in [0.717, 1.165) is 36.2 Å². The van der Waals surface area contributed by atoms with Gasteiger partial charge >= 0.3 is 5.97 Å². The summed E-state index contributed by atoms with van der Waals surface area (Å²) in [6.07, 6.45) is 2.41. The van der Waals surface area contributed by atoms with Crippen LogP contribution in [0.25, 0.3) is 10.9 Å². The number of ketones is 1. The molecule has 33 heavy (non-hydrogen) atoms. The number of aromatic nitrogens is 1. The number of rotatable bonds is 9. The zero-order valence-corrected chi connectivity index (χ0v) is 19.4. The van der Waals surface area contributed by atoms with Crippen molar-refractivity contribution in [1.29, 1.82) is 0 Å². The molecule has 0 radical (unpaired) electrons. The number of likely N-dealkylation sites (tertiary alicyclic amines) is 1. The number of carbonyl (C=O) groups is 2. The molecule has 1 saturated heterocycles. The van der Waals surface area contributed by atoms with Gasteiger partial charge in [0.05, 0.1) is 25.3 Å². The van der Waals surface area contributed by atoms with Gasteiger partial charge in [-0.15, -0.1) is 0 Å². The predicted octanol–water partition coefficient (Wildman–Crippen LogP) is 3.84. The molecule has 1 aromatic heterocycles. The normalized spacial score (nSPS) is 13.9. The van der Waals surface area contributed by atoms with Gasteiger partial charge in [0.1, 0.15) is 24.7 Å². The largest absolute Gasteiger partial charge is 0.497 e. The molecule has 0 bridgehead atoms. The first kappa shape index (κ1) is 22.9. The van der Waals surface area contributed by atoms with E-state index in [9.17, 15) is 9.59 Å². The van der Waals surface area contributed by atoms with Gasteiger partial charge in [-0.2, -0.15) is 0 Å². The van der Waals surface area contributed by atoms with Gasteiger partial charge in [0, 0.05) is 29.3 Å². The van der Waals surface area contributed by atoms with Crippen molar-refractivity contribution in [2.75, 3.05) is 40.5 Å². The summed E-state index contributed by atoms with van der Waals surface area (Å²) in [6, 6.07) is 12.6. The average Bonchev–Trinajstić information content (AvgIpc) is 3.45. The van der Waals surface area contributed by atoms with Gasteiger partial charge in [0.25, 0.3) is 0 Å². The Hall–Kier alpha value is -3.32. The monoisotopic (exact) mass is 450 g/mol. The number of carbonyl (C=O) groups excluding carboxylic acids is 2. The zero-order valence-electron chi connectivity index (χ0n) is 19.4. The second kappa shape index (κ2) is 10.1. The maximum Gasteiger partial charge on any atom is 0.326 e. The number of fused-ring (bicyclic) bond motifs is 1. The van der Waals surface area contributed by atoms with Gasteiger partial charge in [0.15, 0.2) is 5.78 Å². The third-order valence-corrected chi connectivity index (χ3v) is 6.27. The Balaban J connectivity index is 1.61. The molecule has 3 aromatic rings. The van der Waals surface area contributed by atoms with E-state index in [1.165, 1.54) is 12.8 Å². The molecule has 0 aliphatic carbocycles. The van der Waals surface area contributed by atoms with E-state index in [1.807, 2.05) is 29.7 Å². The predicted molar refractivity (Wildman–Crippen MR) is 126 cm³/mol. The summed E-state index contributed by atoms with van der Waals surface area (Å²) in [5.74, 6) is 0.922. The summed E-state index contributed by atoms with van der Waals surface area (Å²) in [5, 5.41) is 0.777. The first-order valence-electron chi connectivity index (χ1n) is 11.3. The Labute approximate surface area is 193 Å². The lowest BCUT2D eigenvalue weighted by atomic mass is 10.0. The third-order valence-electron chi connectivity index (χ3n) is 6.27. The standard InChI is InChI=1S/C26H30N2O5/c1-18-25(26(30)19-6-8-20(31-2)9-7-19)22-11-10-21(32-3)16-23(22)28(18)17-24(29)33-15-14-27-12-4-5-13-27/h6-11,16H,4-5,12-15,17H2,1-3H3. The molecule has 1 fully saturated rings. The van der Waals surface area contributed by atoms with E-state index >= 15 is 0 Å². The number of methoxy groups -OCH3 is 2. The van der Waals surface area contributed by atoms with Crippen LogP contribution in [0.15, 0.2) is 42.5 Å². The summed E-state index contributed by atoms with van der Waals surface area (Å²) in [7, 11) is 3.18. The van der Waals surface area contributed by atoms with Crippen molar-refractivity contribution in [2.24, 2.45) is 0 Å². The van der Waals surface area contributed by atoms with E-state index in [2.05, 4.69) is 4.90 Å². The van der Waals surface area contributed by atoms with Crippen LogP contribution >= 0.6 is 0 Å². The van der Waals surface area contributed by atoms with Gasteiger partial charge in [-0.25, -0.2) is 0 Å². The van der Waals surface area contributed by atoms with Crippen molar-refractivity contribution in [3.05, 3.63) is 59.3 Å². The topological polar surface area (TPSA) is 70.0 Å². The van der Waals surface area contributed by atoms with Crippen LogP contribution in [0.4, 0.5) is 0 Å². The van der Waals surface area contributed by atoms with Crippen LogP contribution in [-0.2, 0) is 16.1 Å². The number of ether oxygens (including phenoxy) is 3. The van der Waals surface area contributed by atoms with Gasteiger partial charge in [0.2, 0.25) is 0 Å². The minimum absolute atomic E-state index is 0.0331. The Morgan fingerprint density at radius 2 is 1.61 bits per heavy atom. The van der Waals surface area contributed by atoms with Gasteiger partial charge < -0.3 is 18.8 Å². The smallest absolute Gasteiger partial charge is 0.326 e. The molecule has 0 atom stereocenters. The minimum atomic E-state index is -0.319. The number of hydrogen-bond donors (Lipinski definition) is 0. The van der Waals surface area contributed by atoms with Crippen molar-refractivity contribution in [1.82, 2.24) is 9.47 Å². The molecular formula is C26H30N2O5. The van der Waals surface area contributed by atoms with E-state index in [4.69, 9.17) is 14.2 Å². The molecule has 174 valence electrons. The summed E-state index contributed by atoms with van der Waals surface area (Å²) in [6.45, 7) is 5.15. The minimum Gasteiger partial charge on any atom is -0.497 e. The van der Waals surface area contributed by atoms with E-state index in [1.54, 1.807) is 38.5 Å². The molecule has 0 amide bonds. The maximum absolute atomic E-state index is 13.4. The summed E-state index contributed by atoms with van der Waals surface area (Å²) >= 11 is 0. The van der Waals surface area contributed by atoms with E-state index in [-0.39, 0.29) is 18.3 Å². The fraction of sp³-hybridized carbons (Fsp3) is 0.385. The molecular weight excluding hydrogens is 420 g/mol. The Morgan fingerprint density at radius 3 is 2.27 bits per heavy atom. The Bertz CT molecular complexity index is 1140. The van der Waals surface area contributed by atoms with E-state index < -0.39 is 0 Å². The number of hydrogen-bond acceptors (Lipinski definition) is 6. The van der Waals surface area contributed by atoms with Crippen molar-refractivity contribution in [3.63, 3.8) is 0 Å². The maximum atomic E-state index is 13.4. The van der Waals surface area contributed by atoms with Gasteiger partial charge in [-0.3, -0.25) is 14.5 Å². The molecule has 2 heterocycles. The van der Waals surface area contributed by atoms with Crippen molar-refractivity contribution in [3.8, 4) is 11.5 Å². The van der Waals surface area contributed by atoms with E-state index in [0.29, 0.717) is 29.2 Å². The molecule has 7 heteroatoms. The second-order valence-electron chi connectivity index (χ2n) is 8.26. The fourth-order valence-electron chi connectivity index (χ4n) is 4.43. The van der Waals surface area contributed by atoms with Crippen LogP contribution in [0.1, 0.15) is 34.5 Å². The van der Waals surface area contributed by atoms with Crippen LogP contribution < -0.4 is 9.47 Å². The molecule has 1 aliphatic rings. The number of esters is 1. The fourth-order valence-corrected chi connectivity index (χ4v) is 4.43. The van der Waals surface area contributed by atoms with Gasteiger partial charge in [-0.1, -0.05) is 0 Å². The third kappa shape index (κ3) is 4.88. The van der Waals surface area contributed by atoms with Crippen molar-refractivity contribution < 1.29 is 23.8 Å². The summed E-state index contributed by atoms with van der Waals surface area (Å²) < 4.78 is 17.9. The second-order valence-corrected chi connectivity index (χ2v) is 8.26. The quantitative estimate of drug-likeness (QED) is 0.365. The van der Waals surface area contributed by atoms with Crippen LogP contribution in [0, 0.1) is 6.92 Å². The first-order valence-corrected chi connectivity index (χ1v) is 11.3. The lowest BCUT2D eigenvalue weighted by Crippen LogP contribution is -2.26. The van der Waals surface area contributed by atoms with Crippen LogP contribution in [0.5, 0.6) is 11.5 Å². The highest BCUT2D eigenvalue weighted by molar-refractivity contribution is 6.17. The molecule has 7 nitrogen and oxygen atoms in total. The highest BCUT2D eigenvalue weighted by Gasteiger charge is 2.23. The van der Waals surface area contributed by atoms with Crippen molar-refractivity contribution in [2.45, 2.75) is 26.3 Å². The van der Waals surface area contributed by atoms with Gasteiger partial charge in [-0.05, 0) is 69.3 Å². The molecule has 2 aromatic carbocycles. The van der Waals surface area contributed by atoms with Crippen LogP contribution in [0.3, 0.4) is 0 Å². The Kier molecular flexibility index (Phi) is 6.99. The van der Waals surface area contributed by atoms with Crippen LogP contribution in [-0.4, -0.2) is 61.7 Å². The highest BCUT2D eigenvalue weighted by Crippen LogP contribution is 2.31. The first-order chi connectivity index (χ1) is 16.0. The molecule has 0 spiro atoms.